The first-order valence-electron chi connectivity index (χ1n) is 22.2. The van der Waals surface area contributed by atoms with Crippen molar-refractivity contribution in [2.24, 2.45) is 0 Å². The molecule has 1 aliphatic rings. The first-order valence-corrected chi connectivity index (χ1v) is 20.5. The van der Waals surface area contributed by atoms with Gasteiger partial charge < -0.3 is 4.57 Å². The maximum absolute atomic E-state index is 9.06. The van der Waals surface area contributed by atoms with Gasteiger partial charge in [0.05, 0.1) is 17.9 Å². The minimum Gasteiger partial charge on any atom is -0.309 e. The van der Waals surface area contributed by atoms with Crippen LogP contribution >= 0.6 is 11.3 Å². The second kappa shape index (κ2) is 12.9. The number of nitrogens with zero attached hydrogens (tertiary/aromatic N) is 4. The van der Waals surface area contributed by atoms with E-state index in [0.717, 1.165) is 69.9 Å². The summed E-state index contributed by atoms with van der Waals surface area (Å²) in [7, 11) is 0. The van der Waals surface area contributed by atoms with Crippen molar-refractivity contribution in [2.75, 3.05) is 0 Å². The Bertz CT molecular complexity index is 3700. The average Bonchev–Trinajstić information content (AvgIpc) is 3.96. The molecule has 12 rings (SSSR count). The van der Waals surface area contributed by atoms with Crippen molar-refractivity contribution in [3.05, 3.63) is 193 Å². The van der Waals surface area contributed by atoms with Gasteiger partial charge in [-0.2, -0.15) is 0 Å². The molecule has 0 bridgehead atoms. The third-order valence-corrected chi connectivity index (χ3v) is 13.1. The molecule has 59 heavy (non-hydrogen) atoms. The molecule has 0 radical (unpaired) electrons. The molecule has 8 aromatic carbocycles. The number of rotatable bonds is 5. The molecule has 0 amide bonds. The van der Waals surface area contributed by atoms with Crippen molar-refractivity contribution in [1.82, 2.24) is 19.5 Å². The summed E-state index contributed by atoms with van der Waals surface area (Å²) in [6.07, 6.45) is 0. The number of thiophene rings is 1. The molecule has 0 unspecified atom stereocenters. The van der Waals surface area contributed by atoms with Crippen molar-refractivity contribution in [2.45, 2.75) is 19.3 Å². The zero-order valence-corrected chi connectivity index (χ0v) is 32.9. The smallest absolute Gasteiger partial charge is 0.165 e. The van der Waals surface area contributed by atoms with Gasteiger partial charge in [-0.3, -0.25) is 0 Å². The van der Waals surface area contributed by atoms with E-state index in [4.69, 9.17) is 21.8 Å². The third-order valence-electron chi connectivity index (χ3n) is 11.9. The number of benzene rings is 8. The molecule has 278 valence electrons. The van der Waals surface area contributed by atoms with Gasteiger partial charge in [0.15, 0.2) is 17.5 Å². The van der Waals surface area contributed by atoms with Gasteiger partial charge in [0.2, 0.25) is 0 Å². The third kappa shape index (κ3) is 5.11. The molecule has 0 saturated heterocycles. The Balaban J connectivity index is 1.21. The second-order valence-corrected chi connectivity index (χ2v) is 16.6. The number of para-hydroxylation sites is 2. The number of hydrogen-bond donors (Lipinski definition) is 0. The number of hydrogen-bond acceptors (Lipinski definition) is 4. The maximum atomic E-state index is 9.06. The topological polar surface area (TPSA) is 43.6 Å². The van der Waals surface area contributed by atoms with E-state index in [1.807, 2.05) is 48.5 Å². The molecule has 0 fully saturated rings. The minimum absolute atomic E-state index is 0.162. The highest BCUT2D eigenvalue weighted by Crippen LogP contribution is 2.52. The molecule has 11 aromatic rings. The van der Waals surface area contributed by atoms with Gasteiger partial charge in [0, 0.05) is 58.7 Å². The van der Waals surface area contributed by atoms with Crippen LogP contribution in [-0.4, -0.2) is 19.5 Å². The molecular weight excluding hydrogens is 737 g/mol. The molecule has 0 aliphatic heterocycles. The van der Waals surface area contributed by atoms with E-state index in [-0.39, 0.29) is 35.1 Å². The van der Waals surface area contributed by atoms with Crippen LogP contribution in [0.5, 0.6) is 0 Å². The van der Waals surface area contributed by atoms with E-state index in [9.17, 15) is 0 Å². The zero-order valence-electron chi connectivity index (χ0n) is 37.1. The molecule has 0 atom stereocenters. The summed E-state index contributed by atoms with van der Waals surface area (Å²) in [6, 6.07) is 50.3. The minimum atomic E-state index is -0.423. The lowest BCUT2D eigenvalue weighted by molar-refractivity contribution is 0.660. The van der Waals surface area contributed by atoms with Gasteiger partial charge in [-0.1, -0.05) is 165 Å². The fourth-order valence-corrected chi connectivity index (χ4v) is 10.5. The predicted octanol–water partition coefficient (Wildman–Crippen LogP) is 14.3. The van der Waals surface area contributed by atoms with Crippen molar-refractivity contribution in [3.63, 3.8) is 0 Å². The Morgan fingerprint density at radius 1 is 0.508 bits per heavy atom. The monoisotopic (exact) mass is 777 g/mol. The lowest BCUT2D eigenvalue weighted by Gasteiger charge is -2.21. The maximum Gasteiger partial charge on any atom is 0.165 e. The summed E-state index contributed by atoms with van der Waals surface area (Å²) in [5.41, 5.74) is 10.8. The Hall–Kier alpha value is -7.21. The van der Waals surface area contributed by atoms with Crippen molar-refractivity contribution >= 4 is 53.3 Å². The molecule has 0 spiro atoms. The van der Waals surface area contributed by atoms with Crippen LogP contribution in [0.25, 0.3) is 104 Å². The summed E-state index contributed by atoms with van der Waals surface area (Å²) in [4.78, 5) is 16.0. The van der Waals surface area contributed by atoms with Crippen LogP contribution in [0, 0.1) is 0 Å². The molecule has 3 aromatic heterocycles. The van der Waals surface area contributed by atoms with Gasteiger partial charge in [-0.15, -0.1) is 11.3 Å². The molecule has 3 heterocycles. The van der Waals surface area contributed by atoms with Crippen LogP contribution in [0.1, 0.15) is 31.8 Å². The van der Waals surface area contributed by atoms with Gasteiger partial charge in [-0.05, 0) is 63.7 Å². The average molecular weight is 778 g/mol. The van der Waals surface area contributed by atoms with Crippen molar-refractivity contribution in [3.8, 4) is 62.1 Å². The Morgan fingerprint density at radius 2 is 1.12 bits per heavy atom. The molecule has 0 N–H and O–H groups in total. The van der Waals surface area contributed by atoms with Crippen LogP contribution < -0.4 is 0 Å². The Morgan fingerprint density at radius 3 is 1.90 bits per heavy atom. The summed E-state index contributed by atoms with van der Waals surface area (Å²) in [5.74, 6) is 1.60. The highest BCUT2D eigenvalue weighted by molar-refractivity contribution is 7.26. The SMILES string of the molecule is [2H]c1c([2H])c([2H])c(-c2cccc3sc4c(-c5nc(-c6ccccc6)nc(-c6cccc7c6-c6ccccc6C7(C)C)n5)cc(-n5c6ccccc6c6ccccc65)cc4c23)c([2H])c1[2H]. The first-order chi connectivity index (χ1) is 31.1. The van der Waals surface area contributed by atoms with Crippen LogP contribution in [-0.2, 0) is 5.41 Å². The normalized spacial score (nSPS) is 14.2. The van der Waals surface area contributed by atoms with Crippen LogP contribution in [0.3, 0.4) is 0 Å². The van der Waals surface area contributed by atoms with Crippen LogP contribution in [0.4, 0.5) is 0 Å². The van der Waals surface area contributed by atoms with Crippen LogP contribution in [0.15, 0.2) is 182 Å². The van der Waals surface area contributed by atoms with E-state index in [1.54, 1.807) is 11.3 Å². The van der Waals surface area contributed by atoms with Gasteiger partial charge >= 0.3 is 0 Å². The zero-order chi connectivity index (χ0) is 43.6. The molecule has 4 nitrogen and oxygen atoms in total. The van der Waals surface area contributed by atoms with E-state index in [0.29, 0.717) is 23.0 Å². The number of fused-ring (bicyclic) bond motifs is 9. The van der Waals surface area contributed by atoms with Gasteiger partial charge in [0.1, 0.15) is 0 Å². The largest absolute Gasteiger partial charge is 0.309 e. The molecule has 1 aliphatic carbocycles. The summed E-state index contributed by atoms with van der Waals surface area (Å²) < 4.78 is 47.8. The molecule has 5 heteroatoms. The van der Waals surface area contributed by atoms with E-state index in [1.165, 1.54) is 16.7 Å². The van der Waals surface area contributed by atoms with E-state index >= 15 is 0 Å². The van der Waals surface area contributed by atoms with Gasteiger partial charge in [0.25, 0.3) is 0 Å². The highest BCUT2D eigenvalue weighted by atomic mass is 32.1. The molecular formula is C54H36N4S. The second-order valence-electron chi connectivity index (χ2n) is 15.6. The quantitative estimate of drug-likeness (QED) is 0.175. The Kier molecular flexibility index (Phi) is 6.36. The number of aromatic nitrogens is 4. The van der Waals surface area contributed by atoms with Crippen molar-refractivity contribution in [1.29, 1.82) is 0 Å². The molecule has 0 saturated carbocycles. The summed E-state index contributed by atoms with van der Waals surface area (Å²) >= 11 is 1.58. The first kappa shape index (κ1) is 29.1. The summed E-state index contributed by atoms with van der Waals surface area (Å²) in [6.45, 7) is 4.54. The van der Waals surface area contributed by atoms with E-state index < -0.39 is 6.04 Å². The van der Waals surface area contributed by atoms with Crippen LogP contribution in [0.2, 0.25) is 0 Å². The predicted molar refractivity (Wildman–Crippen MR) is 246 cm³/mol. The van der Waals surface area contributed by atoms with E-state index in [2.05, 4.69) is 122 Å². The van der Waals surface area contributed by atoms with Crippen molar-refractivity contribution < 1.29 is 6.85 Å². The lowest BCUT2D eigenvalue weighted by Crippen LogP contribution is -2.14. The standard InChI is InChI=1S/C54H36N4S/c1-54(2)43-26-12-9-23-39(43)48-40(25-15-27-44(48)54)52-55-51(34-19-7-4-8-20-34)56-53(57-52)42-32-35(58-45-28-13-10-21-37(45)38-22-11-14-29-46(38)58)31-41-49-36(33-17-5-3-6-18-33)24-16-30-47(49)59-50(41)42/h3-32H,1-2H3/i3D,5D,6D,17D,18D. The summed E-state index contributed by atoms with van der Waals surface area (Å²) in [5, 5.41) is 3.88. The highest BCUT2D eigenvalue weighted by Gasteiger charge is 2.37. The lowest BCUT2D eigenvalue weighted by atomic mass is 9.82. The van der Waals surface area contributed by atoms with Gasteiger partial charge in [-0.25, -0.2) is 15.0 Å². The fourth-order valence-electron chi connectivity index (χ4n) is 9.28. The fraction of sp³-hybridized carbons (Fsp3) is 0.0556. The Labute approximate surface area is 352 Å².